The third kappa shape index (κ3) is 9.10. The van der Waals surface area contributed by atoms with Gasteiger partial charge in [-0.25, -0.2) is 0 Å². The molecule has 136 valence electrons. The molecule has 1 aliphatic rings. The highest BCUT2D eigenvalue weighted by atomic mass is 28.3. The fourth-order valence-corrected chi connectivity index (χ4v) is 7.17. The molecule has 0 saturated carbocycles. The Labute approximate surface area is 148 Å². The van der Waals surface area contributed by atoms with Crippen LogP contribution in [0.15, 0.2) is 11.3 Å². The van der Waals surface area contributed by atoms with E-state index in [1.54, 1.807) is 5.57 Å². The lowest BCUT2D eigenvalue weighted by Gasteiger charge is -2.30. The minimum atomic E-state index is -0.634. The summed E-state index contributed by atoms with van der Waals surface area (Å²) < 4.78 is 0. The van der Waals surface area contributed by atoms with Crippen LogP contribution < -0.4 is 0 Å². The van der Waals surface area contributed by atoms with E-state index in [0.717, 1.165) is 0 Å². The molecule has 1 atom stereocenters. The van der Waals surface area contributed by atoms with Gasteiger partial charge in [-0.2, -0.15) is 0 Å². The van der Waals surface area contributed by atoms with Crippen molar-refractivity contribution >= 4 is 8.80 Å². The second kappa shape index (κ2) is 13.2. The van der Waals surface area contributed by atoms with Crippen molar-refractivity contribution < 1.29 is 0 Å². The summed E-state index contributed by atoms with van der Waals surface area (Å²) >= 11 is 0. The minimum absolute atomic E-state index is 0.634. The minimum Gasteiger partial charge on any atom is -0.297 e. The zero-order valence-corrected chi connectivity index (χ0v) is 17.7. The normalized spacial score (nSPS) is 21.2. The first-order chi connectivity index (χ1) is 11.2. The third-order valence-electron chi connectivity index (χ3n) is 5.66. The van der Waals surface area contributed by atoms with Crippen LogP contribution in [0.4, 0.5) is 0 Å². The Morgan fingerprint density at radius 2 is 1.30 bits per heavy atom. The fraction of sp³-hybridized carbons (Fsp3) is 0.905. The molecule has 0 aromatic carbocycles. The van der Waals surface area contributed by atoms with E-state index in [1.807, 2.05) is 0 Å². The van der Waals surface area contributed by atoms with Crippen molar-refractivity contribution in [2.24, 2.45) is 0 Å². The standard InChI is InChI=1S/C21H43NSi/c1-5-17-23(18-6-2)19-20(3)21(4)22-15-13-11-9-7-8-10-12-14-16-22/h19,21,23H,5-18H2,1-4H3. The van der Waals surface area contributed by atoms with Crippen molar-refractivity contribution in [3.8, 4) is 0 Å². The van der Waals surface area contributed by atoms with Crippen molar-refractivity contribution in [1.82, 2.24) is 4.90 Å². The summed E-state index contributed by atoms with van der Waals surface area (Å²) in [5.74, 6) is 0. The van der Waals surface area contributed by atoms with E-state index in [-0.39, 0.29) is 0 Å². The van der Waals surface area contributed by atoms with Crippen molar-refractivity contribution in [3.63, 3.8) is 0 Å². The van der Waals surface area contributed by atoms with Gasteiger partial charge in [-0.15, -0.1) is 0 Å². The van der Waals surface area contributed by atoms with Crippen LogP contribution in [0.2, 0.25) is 12.1 Å². The van der Waals surface area contributed by atoms with Crippen LogP contribution >= 0.6 is 0 Å². The number of hydrogen-bond acceptors (Lipinski definition) is 1. The molecule has 2 heteroatoms. The molecule has 0 N–H and O–H groups in total. The highest BCUT2D eigenvalue weighted by Gasteiger charge is 2.16. The molecule has 23 heavy (non-hydrogen) atoms. The summed E-state index contributed by atoms with van der Waals surface area (Å²) in [5, 5.41) is 0. The fourth-order valence-electron chi connectivity index (χ4n) is 4.04. The molecule has 0 aliphatic carbocycles. The Morgan fingerprint density at radius 3 is 1.74 bits per heavy atom. The lowest BCUT2D eigenvalue weighted by molar-refractivity contribution is 0.224. The maximum absolute atomic E-state index is 2.79. The summed E-state index contributed by atoms with van der Waals surface area (Å²) in [6.45, 7) is 12.2. The molecule has 0 aromatic heterocycles. The van der Waals surface area contributed by atoms with Crippen molar-refractivity contribution in [2.45, 2.75) is 110 Å². The molecule has 0 spiro atoms. The Bertz CT molecular complexity index is 295. The Kier molecular flexibility index (Phi) is 12.1. The number of hydrogen-bond donors (Lipinski definition) is 0. The molecular weight excluding hydrogens is 294 g/mol. The smallest absolute Gasteiger partial charge is 0.0615 e. The largest absolute Gasteiger partial charge is 0.297 e. The maximum atomic E-state index is 2.79. The van der Waals surface area contributed by atoms with Crippen molar-refractivity contribution in [3.05, 3.63) is 11.3 Å². The maximum Gasteiger partial charge on any atom is 0.0615 e. The van der Waals surface area contributed by atoms with Gasteiger partial charge >= 0.3 is 0 Å². The highest BCUT2D eigenvalue weighted by Crippen LogP contribution is 2.18. The highest BCUT2D eigenvalue weighted by molar-refractivity contribution is 6.64. The van der Waals surface area contributed by atoms with Crippen molar-refractivity contribution in [1.29, 1.82) is 0 Å². The monoisotopic (exact) mass is 337 g/mol. The van der Waals surface area contributed by atoms with Crippen LogP contribution in [0.3, 0.4) is 0 Å². The van der Waals surface area contributed by atoms with Gasteiger partial charge in [0.25, 0.3) is 0 Å². The van der Waals surface area contributed by atoms with Crippen LogP contribution in [0.25, 0.3) is 0 Å². The van der Waals surface area contributed by atoms with Crippen LogP contribution in [0, 0.1) is 0 Å². The summed E-state index contributed by atoms with van der Waals surface area (Å²) in [6, 6.07) is 3.66. The van der Waals surface area contributed by atoms with Gasteiger partial charge in [0.1, 0.15) is 0 Å². The van der Waals surface area contributed by atoms with Gasteiger partial charge in [-0.3, -0.25) is 4.90 Å². The third-order valence-corrected chi connectivity index (χ3v) is 9.30. The lowest BCUT2D eigenvalue weighted by atomic mass is 10.1. The van der Waals surface area contributed by atoms with Crippen molar-refractivity contribution in [2.75, 3.05) is 13.1 Å². The van der Waals surface area contributed by atoms with E-state index in [1.165, 1.54) is 89.4 Å². The first-order valence-corrected chi connectivity index (χ1v) is 12.9. The molecule has 0 radical (unpaired) electrons. The van der Waals surface area contributed by atoms with Crippen LogP contribution in [-0.2, 0) is 0 Å². The van der Waals surface area contributed by atoms with E-state index < -0.39 is 8.80 Å². The topological polar surface area (TPSA) is 3.24 Å². The van der Waals surface area contributed by atoms with Gasteiger partial charge in [-0.1, -0.05) is 88.6 Å². The molecule has 1 unspecified atom stereocenters. The molecule has 1 aliphatic heterocycles. The molecule has 1 nitrogen and oxygen atoms in total. The molecule has 1 rings (SSSR count). The Morgan fingerprint density at radius 1 is 0.870 bits per heavy atom. The van der Waals surface area contributed by atoms with Gasteiger partial charge < -0.3 is 0 Å². The summed E-state index contributed by atoms with van der Waals surface area (Å²) in [7, 11) is -0.634. The molecular formula is C21H43NSi. The quantitative estimate of drug-likeness (QED) is 0.490. The van der Waals surface area contributed by atoms with E-state index in [0.29, 0.717) is 6.04 Å². The first-order valence-electron chi connectivity index (χ1n) is 10.6. The van der Waals surface area contributed by atoms with E-state index in [2.05, 4.69) is 38.3 Å². The molecule has 1 heterocycles. The molecule has 0 aromatic rings. The lowest BCUT2D eigenvalue weighted by Crippen LogP contribution is -2.36. The second-order valence-electron chi connectivity index (χ2n) is 7.79. The summed E-state index contributed by atoms with van der Waals surface area (Å²) in [6.07, 6.45) is 14.3. The van der Waals surface area contributed by atoms with E-state index >= 15 is 0 Å². The van der Waals surface area contributed by atoms with Gasteiger partial charge in [0.05, 0.1) is 8.80 Å². The number of rotatable bonds is 7. The average molecular weight is 338 g/mol. The van der Waals surface area contributed by atoms with Crippen LogP contribution in [0.1, 0.15) is 91.9 Å². The summed E-state index contributed by atoms with van der Waals surface area (Å²) in [4.78, 5) is 2.79. The van der Waals surface area contributed by atoms with Gasteiger partial charge in [0.2, 0.25) is 0 Å². The van der Waals surface area contributed by atoms with E-state index in [4.69, 9.17) is 0 Å². The first kappa shape index (κ1) is 21.0. The molecule has 1 fully saturated rings. The SMILES string of the molecule is CCC[SiH](C=C(C)C(C)N1CCCCCCCCCC1)CCC. The predicted octanol–water partition coefficient (Wildman–Crippen LogP) is 6.34. The summed E-state index contributed by atoms with van der Waals surface area (Å²) in [5.41, 5.74) is 4.43. The number of nitrogens with zero attached hydrogens (tertiary/aromatic N) is 1. The Hall–Kier alpha value is -0.0831. The van der Waals surface area contributed by atoms with E-state index in [9.17, 15) is 0 Å². The molecule has 0 bridgehead atoms. The van der Waals surface area contributed by atoms with Gasteiger partial charge in [0, 0.05) is 6.04 Å². The second-order valence-corrected chi connectivity index (χ2v) is 10.8. The van der Waals surface area contributed by atoms with Crippen LogP contribution in [-0.4, -0.2) is 32.8 Å². The predicted molar refractivity (Wildman–Crippen MR) is 109 cm³/mol. The zero-order chi connectivity index (χ0) is 16.9. The molecule has 0 amide bonds. The Balaban J connectivity index is 2.62. The van der Waals surface area contributed by atoms with Crippen LogP contribution in [0.5, 0.6) is 0 Å². The molecule has 1 saturated heterocycles. The average Bonchev–Trinajstić information content (AvgIpc) is 2.60. The zero-order valence-electron chi connectivity index (χ0n) is 16.6. The van der Waals surface area contributed by atoms with Gasteiger partial charge in [0.15, 0.2) is 0 Å². The van der Waals surface area contributed by atoms with Gasteiger partial charge in [-0.05, 0) is 39.8 Å².